The van der Waals surface area contributed by atoms with Crippen molar-refractivity contribution in [3.8, 4) is 6.07 Å². The summed E-state index contributed by atoms with van der Waals surface area (Å²) in [7, 11) is 0. The van der Waals surface area contributed by atoms with E-state index in [-0.39, 0.29) is 41.5 Å². The second-order valence-corrected chi connectivity index (χ2v) is 27.5. The number of alkyl halides is 19. The molecule has 526 valence electrons. The van der Waals surface area contributed by atoms with Crippen molar-refractivity contribution in [3.63, 3.8) is 0 Å². The minimum absolute atomic E-state index is 0.000741. The highest BCUT2D eigenvalue weighted by Gasteiger charge is 2.69. The largest absolute Gasteiger partial charge is 0.435 e. The number of halogens is 20. The Kier molecular flexibility index (Phi) is 18.9. The first-order chi connectivity index (χ1) is 44.4. The van der Waals surface area contributed by atoms with Gasteiger partial charge in [-0.2, -0.15) is 91.5 Å². The fourth-order valence-corrected chi connectivity index (χ4v) is 14.5. The normalized spacial score (nSPS) is 23.3. The topological polar surface area (TPSA) is 111 Å². The van der Waals surface area contributed by atoms with Gasteiger partial charge in [0.1, 0.15) is 29.0 Å². The second kappa shape index (κ2) is 25.2. The van der Waals surface area contributed by atoms with Crippen LogP contribution in [0.15, 0.2) is 30.5 Å². The number of hydrogen-bond acceptors (Lipinski definition) is 5. The van der Waals surface area contributed by atoms with Crippen LogP contribution in [0.2, 0.25) is 0 Å². The summed E-state index contributed by atoms with van der Waals surface area (Å²) in [6.45, 7) is 17.7. The van der Waals surface area contributed by atoms with Gasteiger partial charge in [-0.3, -0.25) is 18.7 Å². The molecule has 0 bridgehead atoms. The molecule has 3 fully saturated rings. The van der Waals surface area contributed by atoms with Crippen molar-refractivity contribution in [1.29, 1.82) is 5.26 Å². The van der Waals surface area contributed by atoms with Crippen molar-refractivity contribution in [2.45, 2.75) is 237 Å². The molecule has 0 spiro atoms. The van der Waals surface area contributed by atoms with Crippen LogP contribution >= 0.6 is 0 Å². The predicted molar refractivity (Wildman–Crippen MR) is 311 cm³/mol. The van der Waals surface area contributed by atoms with Gasteiger partial charge in [0, 0.05) is 94.6 Å². The molecule has 6 unspecified atom stereocenters. The Labute approximate surface area is 539 Å². The summed E-state index contributed by atoms with van der Waals surface area (Å²) in [5.41, 5.74) is 0.261. The number of nitriles is 1. The molecule has 96 heavy (non-hydrogen) atoms. The average molecular weight is 1390 g/mol. The molecular weight excluding hydrogens is 1310 g/mol. The summed E-state index contributed by atoms with van der Waals surface area (Å²) < 4.78 is 268. The Morgan fingerprint density at radius 3 is 1.69 bits per heavy atom. The maximum atomic E-state index is 14.0. The molecular formula is C66H72F20N10. The zero-order valence-electron chi connectivity index (χ0n) is 53.9. The fraction of sp³-hybridized carbons (Fsp3) is 0.621. The van der Waals surface area contributed by atoms with E-state index in [1.807, 2.05) is 39.8 Å². The van der Waals surface area contributed by atoms with E-state index in [4.69, 9.17) is 5.26 Å². The van der Waals surface area contributed by atoms with E-state index >= 15 is 0 Å². The van der Waals surface area contributed by atoms with Crippen molar-refractivity contribution < 1.29 is 87.8 Å². The standard InChI is InChI=1S/C12H15F3N2.C12H13F.C11H12F6N2.C11H11F5N2.C11H15F3N2.C9H6F2N2/c1-6(2)17-10-8(4-3-7-5-9(7)10)11(16-17)12(13,14)15;1-8(2)11-6-4-9-3-5-10(13)7-12(9)11;1-5(2)19-8-6(7(18-19)9(12)13)10(14,15)3-4-11(8,16)17;1-4(2)18-9-7(8(17-18)11(14,15)16)5-3-6(5)10(9,12)13;1-7(2)16-9-6-4-3-5-8(9)10(15-16)11(12,13)14;10-9(11)6-1-5(6)7-4(2-12)3-13-8(7)9/h6-7,9H,3-5H2,1-2H3;3,5-8H,4H2,1-2H3;5,9H,3-4H2,1-2H3;4-6H,3H2,1-2H3;7H,3-6H2,1-2H3;3,5-6,13H,1H2. The van der Waals surface area contributed by atoms with E-state index in [1.165, 1.54) is 41.9 Å². The molecule has 9 aliphatic carbocycles. The van der Waals surface area contributed by atoms with Crippen molar-refractivity contribution in [1.82, 2.24) is 44.1 Å². The zero-order valence-corrected chi connectivity index (χ0v) is 53.9. The molecule has 0 saturated heterocycles. The number of fused-ring (bicyclic) bond motifs is 12. The summed E-state index contributed by atoms with van der Waals surface area (Å²) >= 11 is 0. The smallest absolute Gasteiger partial charge is 0.359 e. The minimum atomic E-state index is -4.67. The molecule has 30 heteroatoms. The highest BCUT2D eigenvalue weighted by atomic mass is 19.4. The maximum Gasteiger partial charge on any atom is 0.435 e. The van der Waals surface area contributed by atoms with Gasteiger partial charge >= 0.3 is 18.5 Å². The molecule has 3 saturated carbocycles. The molecule has 1 N–H and O–H groups in total. The SMILES string of the molecule is CC(C)C1=CCc2ccc(F)cc21.CC(C)n1nc(C(F)(F)F)c2c1C(F)(F)C1CC21.CC(C)n1nc(C(F)(F)F)c2c1C1CC1CC2.CC(C)n1nc(C(F)(F)F)c2c1CCCC2.CC(C)n1nc(C(F)F)c2c1C(F)(F)CCC2(F)F.N#Cc1c[nH]c2c1C1CC1C2(F)F. The highest BCUT2D eigenvalue weighted by molar-refractivity contribution is 5.74. The molecule has 0 amide bonds. The molecule has 0 radical (unpaired) electrons. The number of hydrogen-bond donors (Lipinski definition) is 1. The van der Waals surface area contributed by atoms with Gasteiger partial charge in [-0.15, -0.1) is 0 Å². The van der Waals surface area contributed by atoms with Gasteiger partial charge in [0.2, 0.25) is 0 Å². The lowest BCUT2D eigenvalue weighted by Crippen LogP contribution is -2.33. The molecule has 6 aromatic rings. The third-order valence-corrected chi connectivity index (χ3v) is 19.1. The quantitative estimate of drug-likeness (QED) is 0.167. The molecule has 9 aliphatic rings. The van der Waals surface area contributed by atoms with Crippen LogP contribution in [0.4, 0.5) is 87.8 Å². The molecule has 10 nitrogen and oxygen atoms in total. The molecule has 6 atom stereocenters. The maximum absolute atomic E-state index is 14.0. The van der Waals surface area contributed by atoms with Crippen molar-refractivity contribution in [2.24, 2.45) is 23.7 Å². The Bertz CT molecular complexity index is 3900. The van der Waals surface area contributed by atoms with Crippen LogP contribution in [-0.2, 0) is 67.9 Å². The van der Waals surface area contributed by atoms with Crippen molar-refractivity contribution >= 4 is 5.57 Å². The predicted octanol–water partition coefficient (Wildman–Crippen LogP) is 20.5. The first-order valence-electron chi connectivity index (χ1n) is 32.0. The lowest BCUT2D eigenvalue weighted by atomic mass is 9.89. The van der Waals surface area contributed by atoms with Crippen LogP contribution in [0, 0.1) is 40.8 Å². The Morgan fingerprint density at radius 1 is 0.594 bits per heavy atom. The highest BCUT2D eigenvalue weighted by Crippen LogP contribution is 2.69. The van der Waals surface area contributed by atoms with E-state index in [0.717, 1.165) is 60.2 Å². The van der Waals surface area contributed by atoms with Crippen LogP contribution in [0.3, 0.4) is 0 Å². The number of aromatic nitrogens is 9. The number of benzene rings is 1. The van der Waals surface area contributed by atoms with Crippen molar-refractivity contribution in [3.05, 3.63) is 132 Å². The average Bonchev–Trinajstić information content (AvgIpc) is 1.52. The van der Waals surface area contributed by atoms with Gasteiger partial charge in [-0.25, -0.2) is 22.0 Å². The van der Waals surface area contributed by atoms with Gasteiger partial charge < -0.3 is 4.98 Å². The van der Waals surface area contributed by atoms with E-state index in [2.05, 4.69) is 45.3 Å². The van der Waals surface area contributed by atoms with Crippen LogP contribution in [0.5, 0.6) is 0 Å². The molecule has 0 aliphatic heterocycles. The Morgan fingerprint density at radius 2 is 1.12 bits per heavy atom. The molecule has 15 rings (SSSR count). The Hall–Kier alpha value is -6.83. The Balaban J connectivity index is 0.000000126. The minimum Gasteiger partial charge on any atom is -0.359 e. The van der Waals surface area contributed by atoms with Crippen LogP contribution in [0.25, 0.3) is 5.57 Å². The van der Waals surface area contributed by atoms with Crippen LogP contribution in [0.1, 0.15) is 265 Å². The van der Waals surface area contributed by atoms with E-state index in [1.54, 1.807) is 24.6 Å². The number of nitrogens with one attached hydrogen (secondary N) is 1. The summed E-state index contributed by atoms with van der Waals surface area (Å²) in [4.78, 5) is 2.52. The van der Waals surface area contributed by atoms with Gasteiger partial charge in [0.15, 0.2) is 17.1 Å². The summed E-state index contributed by atoms with van der Waals surface area (Å²) in [5.74, 6) is -14.1. The summed E-state index contributed by atoms with van der Waals surface area (Å²) in [5, 5.41) is 22.9. The lowest BCUT2D eigenvalue weighted by Gasteiger charge is -2.30. The van der Waals surface area contributed by atoms with E-state index in [0.29, 0.717) is 64.0 Å². The van der Waals surface area contributed by atoms with Gasteiger partial charge in [-0.1, -0.05) is 26.0 Å². The van der Waals surface area contributed by atoms with Gasteiger partial charge in [0.25, 0.3) is 30.1 Å². The first-order valence-corrected chi connectivity index (χ1v) is 32.0. The van der Waals surface area contributed by atoms with Crippen LogP contribution in [-0.4, -0.2) is 44.1 Å². The van der Waals surface area contributed by atoms with Gasteiger partial charge in [0.05, 0.1) is 16.8 Å². The van der Waals surface area contributed by atoms with E-state index in [9.17, 15) is 87.8 Å². The third kappa shape index (κ3) is 13.2. The van der Waals surface area contributed by atoms with E-state index < -0.39 is 131 Å². The fourth-order valence-electron chi connectivity index (χ4n) is 14.5. The second-order valence-electron chi connectivity index (χ2n) is 27.5. The number of nitrogens with zero attached hydrogens (tertiary/aromatic N) is 9. The first kappa shape index (κ1) is 71.9. The summed E-state index contributed by atoms with van der Waals surface area (Å²) in [6.07, 6.45) is -8.13. The summed E-state index contributed by atoms with van der Waals surface area (Å²) in [6, 6.07) is 5.77. The van der Waals surface area contributed by atoms with Crippen LogP contribution < -0.4 is 0 Å². The number of allylic oxidation sites excluding steroid dienone is 2. The zero-order chi connectivity index (χ0) is 71.0. The molecule has 5 aromatic heterocycles. The third-order valence-electron chi connectivity index (χ3n) is 19.1. The number of aromatic amines is 1. The molecule has 1 aromatic carbocycles. The number of rotatable bonds is 6. The number of H-pyrrole nitrogens is 1. The lowest BCUT2D eigenvalue weighted by molar-refractivity contribution is -0.143. The van der Waals surface area contributed by atoms with Crippen molar-refractivity contribution in [2.75, 3.05) is 0 Å². The van der Waals surface area contributed by atoms with Gasteiger partial charge in [-0.05, 0) is 172 Å². The monoisotopic (exact) mass is 1380 g/mol. The molecule has 5 heterocycles.